The summed E-state index contributed by atoms with van der Waals surface area (Å²) < 4.78 is 16.6. The standard InChI is InChI=1S/C24H26N2O4/c1-26(16-18-8-7-11-22(28-2)24(18)29-3)17-23(27)25-19-12-14-21(15-13-19)30-20-9-5-4-6-10-20/h4-15H,16-17H2,1-3H3,(H,25,27). The normalized spacial score (nSPS) is 10.5. The summed E-state index contributed by atoms with van der Waals surface area (Å²) in [6, 6.07) is 22.6. The Bertz CT molecular complexity index is 959. The van der Waals surface area contributed by atoms with E-state index in [9.17, 15) is 4.79 Å². The highest BCUT2D eigenvalue weighted by Crippen LogP contribution is 2.31. The minimum absolute atomic E-state index is 0.101. The van der Waals surface area contributed by atoms with Gasteiger partial charge in [0.2, 0.25) is 5.91 Å². The van der Waals surface area contributed by atoms with Crippen molar-refractivity contribution in [2.75, 3.05) is 33.1 Å². The fourth-order valence-corrected chi connectivity index (χ4v) is 3.10. The van der Waals surface area contributed by atoms with Gasteiger partial charge >= 0.3 is 0 Å². The zero-order chi connectivity index (χ0) is 21.3. The van der Waals surface area contributed by atoms with Crippen LogP contribution in [0.3, 0.4) is 0 Å². The topological polar surface area (TPSA) is 60.0 Å². The van der Waals surface area contributed by atoms with Gasteiger partial charge in [-0.05, 0) is 49.5 Å². The van der Waals surface area contributed by atoms with Crippen LogP contribution in [0, 0.1) is 0 Å². The Morgan fingerprint density at radius 2 is 1.57 bits per heavy atom. The maximum Gasteiger partial charge on any atom is 0.238 e. The summed E-state index contributed by atoms with van der Waals surface area (Å²) in [7, 11) is 5.10. The van der Waals surface area contributed by atoms with Crippen LogP contribution < -0.4 is 19.5 Å². The fraction of sp³-hybridized carbons (Fsp3) is 0.208. The lowest BCUT2D eigenvalue weighted by molar-refractivity contribution is -0.117. The summed E-state index contributed by atoms with van der Waals surface area (Å²) >= 11 is 0. The molecule has 0 aromatic heterocycles. The highest BCUT2D eigenvalue weighted by Gasteiger charge is 2.13. The number of hydrogen-bond acceptors (Lipinski definition) is 5. The SMILES string of the molecule is COc1cccc(CN(C)CC(=O)Nc2ccc(Oc3ccccc3)cc2)c1OC. The van der Waals surface area contributed by atoms with Crippen molar-refractivity contribution in [3.8, 4) is 23.0 Å². The van der Waals surface area contributed by atoms with E-state index in [1.54, 1.807) is 14.2 Å². The molecule has 3 aromatic carbocycles. The molecule has 0 atom stereocenters. The van der Waals surface area contributed by atoms with Crippen molar-refractivity contribution < 1.29 is 19.0 Å². The number of anilines is 1. The van der Waals surface area contributed by atoms with Crippen LogP contribution in [0.5, 0.6) is 23.0 Å². The maximum atomic E-state index is 12.4. The van der Waals surface area contributed by atoms with E-state index in [1.807, 2.05) is 84.7 Å². The number of para-hydroxylation sites is 2. The molecule has 1 N–H and O–H groups in total. The summed E-state index contributed by atoms with van der Waals surface area (Å²) in [6.07, 6.45) is 0. The van der Waals surface area contributed by atoms with Crippen molar-refractivity contribution in [3.63, 3.8) is 0 Å². The Labute approximate surface area is 177 Å². The molecule has 6 heteroatoms. The molecule has 0 aliphatic rings. The quantitative estimate of drug-likeness (QED) is 0.564. The summed E-state index contributed by atoms with van der Waals surface area (Å²) in [5.74, 6) is 2.73. The zero-order valence-corrected chi connectivity index (χ0v) is 17.4. The molecular formula is C24H26N2O4. The van der Waals surface area contributed by atoms with Gasteiger partial charge in [-0.3, -0.25) is 9.69 Å². The second-order valence-corrected chi connectivity index (χ2v) is 6.81. The van der Waals surface area contributed by atoms with E-state index in [0.29, 0.717) is 29.5 Å². The Morgan fingerprint density at radius 3 is 2.23 bits per heavy atom. The average Bonchev–Trinajstić information content (AvgIpc) is 2.75. The van der Waals surface area contributed by atoms with Gasteiger partial charge in [-0.25, -0.2) is 0 Å². The van der Waals surface area contributed by atoms with Gasteiger partial charge in [-0.1, -0.05) is 30.3 Å². The maximum absolute atomic E-state index is 12.4. The average molecular weight is 406 g/mol. The van der Waals surface area contributed by atoms with E-state index >= 15 is 0 Å². The summed E-state index contributed by atoms with van der Waals surface area (Å²) in [5.41, 5.74) is 1.67. The van der Waals surface area contributed by atoms with Crippen LogP contribution in [0.1, 0.15) is 5.56 Å². The van der Waals surface area contributed by atoms with Crippen LogP contribution in [0.15, 0.2) is 72.8 Å². The first-order valence-corrected chi connectivity index (χ1v) is 9.60. The molecule has 0 radical (unpaired) electrons. The van der Waals surface area contributed by atoms with Crippen molar-refractivity contribution in [1.29, 1.82) is 0 Å². The van der Waals surface area contributed by atoms with E-state index < -0.39 is 0 Å². The summed E-state index contributed by atoms with van der Waals surface area (Å²) in [6.45, 7) is 0.792. The van der Waals surface area contributed by atoms with Gasteiger partial charge in [0, 0.05) is 17.8 Å². The number of likely N-dealkylation sites (N-methyl/N-ethyl adjacent to an activating group) is 1. The number of amides is 1. The van der Waals surface area contributed by atoms with Crippen LogP contribution in [0.2, 0.25) is 0 Å². The van der Waals surface area contributed by atoms with Crippen molar-refractivity contribution >= 4 is 11.6 Å². The van der Waals surface area contributed by atoms with Crippen LogP contribution in [-0.4, -0.2) is 38.6 Å². The van der Waals surface area contributed by atoms with E-state index in [2.05, 4.69) is 5.32 Å². The summed E-state index contributed by atoms with van der Waals surface area (Å²) in [5, 5.41) is 2.91. The van der Waals surface area contributed by atoms with E-state index in [1.165, 1.54) is 0 Å². The fourth-order valence-electron chi connectivity index (χ4n) is 3.10. The third-order valence-electron chi connectivity index (χ3n) is 4.46. The number of ether oxygens (including phenoxy) is 3. The largest absolute Gasteiger partial charge is 0.493 e. The minimum atomic E-state index is -0.101. The summed E-state index contributed by atoms with van der Waals surface area (Å²) in [4.78, 5) is 14.3. The van der Waals surface area contributed by atoms with Crippen molar-refractivity contribution in [2.24, 2.45) is 0 Å². The van der Waals surface area contributed by atoms with Crippen LogP contribution in [0.4, 0.5) is 5.69 Å². The lowest BCUT2D eigenvalue weighted by Gasteiger charge is -2.19. The van der Waals surface area contributed by atoms with E-state index in [0.717, 1.165) is 11.3 Å². The van der Waals surface area contributed by atoms with Gasteiger partial charge in [-0.15, -0.1) is 0 Å². The number of methoxy groups -OCH3 is 2. The number of hydrogen-bond donors (Lipinski definition) is 1. The molecule has 0 saturated heterocycles. The first kappa shape index (κ1) is 21.2. The molecule has 0 fully saturated rings. The van der Waals surface area contributed by atoms with Crippen molar-refractivity contribution in [2.45, 2.75) is 6.54 Å². The third-order valence-corrected chi connectivity index (χ3v) is 4.46. The van der Waals surface area contributed by atoms with Crippen molar-refractivity contribution in [1.82, 2.24) is 4.90 Å². The Hall–Kier alpha value is -3.51. The van der Waals surface area contributed by atoms with Gasteiger partial charge in [0.1, 0.15) is 11.5 Å². The van der Waals surface area contributed by atoms with Crippen molar-refractivity contribution in [3.05, 3.63) is 78.4 Å². The van der Waals surface area contributed by atoms with E-state index in [4.69, 9.17) is 14.2 Å². The smallest absolute Gasteiger partial charge is 0.238 e. The lowest BCUT2D eigenvalue weighted by Crippen LogP contribution is -2.30. The molecule has 0 heterocycles. The predicted molar refractivity (Wildman–Crippen MR) is 117 cm³/mol. The van der Waals surface area contributed by atoms with Gasteiger partial charge in [0.05, 0.1) is 20.8 Å². The van der Waals surface area contributed by atoms with Crippen LogP contribution in [0.25, 0.3) is 0 Å². The molecule has 0 saturated carbocycles. The first-order valence-electron chi connectivity index (χ1n) is 9.60. The number of nitrogens with zero attached hydrogens (tertiary/aromatic N) is 1. The molecule has 0 bridgehead atoms. The molecule has 3 rings (SSSR count). The molecular weight excluding hydrogens is 380 g/mol. The molecule has 156 valence electrons. The number of carbonyl (C=O) groups is 1. The van der Waals surface area contributed by atoms with Gasteiger partial charge in [0.25, 0.3) is 0 Å². The monoisotopic (exact) mass is 406 g/mol. The molecule has 30 heavy (non-hydrogen) atoms. The second-order valence-electron chi connectivity index (χ2n) is 6.81. The Balaban J connectivity index is 1.54. The van der Waals surface area contributed by atoms with Gasteiger partial charge < -0.3 is 19.5 Å². The Morgan fingerprint density at radius 1 is 0.867 bits per heavy atom. The molecule has 0 unspecified atom stereocenters. The van der Waals surface area contributed by atoms with Gasteiger partial charge in [0.15, 0.2) is 11.5 Å². The molecule has 6 nitrogen and oxygen atoms in total. The Kier molecular flexibility index (Phi) is 7.29. The highest BCUT2D eigenvalue weighted by atomic mass is 16.5. The molecule has 3 aromatic rings. The number of carbonyl (C=O) groups excluding carboxylic acids is 1. The van der Waals surface area contributed by atoms with Crippen LogP contribution >= 0.6 is 0 Å². The first-order chi connectivity index (χ1) is 14.6. The number of nitrogens with one attached hydrogen (secondary N) is 1. The molecule has 1 amide bonds. The number of rotatable bonds is 9. The van der Waals surface area contributed by atoms with Crippen LogP contribution in [-0.2, 0) is 11.3 Å². The minimum Gasteiger partial charge on any atom is -0.493 e. The van der Waals surface area contributed by atoms with E-state index in [-0.39, 0.29) is 12.5 Å². The van der Waals surface area contributed by atoms with Gasteiger partial charge in [-0.2, -0.15) is 0 Å². The zero-order valence-electron chi connectivity index (χ0n) is 17.4. The number of benzene rings is 3. The third kappa shape index (κ3) is 5.75. The molecule has 0 spiro atoms. The second kappa shape index (κ2) is 10.3. The highest BCUT2D eigenvalue weighted by molar-refractivity contribution is 5.92. The molecule has 0 aliphatic heterocycles. The lowest BCUT2D eigenvalue weighted by atomic mass is 10.1. The molecule has 0 aliphatic carbocycles. The predicted octanol–water partition coefficient (Wildman–Crippen LogP) is 4.57.